The number of halogens is 1. The van der Waals surface area contributed by atoms with Crippen molar-refractivity contribution in [3.8, 4) is 11.1 Å². The van der Waals surface area contributed by atoms with Crippen molar-refractivity contribution in [2.45, 2.75) is 39.2 Å². The van der Waals surface area contributed by atoms with Crippen LogP contribution in [0, 0.1) is 0 Å². The Kier molecular flexibility index (Phi) is 7.52. The molecule has 2 aliphatic rings. The zero-order valence-corrected chi connectivity index (χ0v) is 30.6. The van der Waals surface area contributed by atoms with Crippen LogP contribution in [0.4, 0.5) is 17.1 Å². The van der Waals surface area contributed by atoms with Gasteiger partial charge in [-0.05, 0) is 102 Å². The van der Waals surface area contributed by atoms with Crippen LogP contribution in [0.5, 0.6) is 0 Å². The summed E-state index contributed by atoms with van der Waals surface area (Å²) in [6.07, 6.45) is 0. The van der Waals surface area contributed by atoms with Gasteiger partial charge < -0.3 is 4.90 Å². The molecule has 0 amide bonds. The average molecular weight is 738 g/mol. The van der Waals surface area contributed by atoms with E-state index in [2.05, 4.69) is 138 Å². The number of benzene rings is 7. The molecule has 1 nitrogen and oxygen atoms in total. The van der Waals surface area contributed by atoms with Crippen LogP contribution in [0.1, 0.15) is 0 Å². The van der Waals surface area contributed by atoms with Gasteiger partial charge in [0.2, 0.25) is 0 Å². The zero-order valence-electron chi connectivity index (χ0n) is 25.7. The second-order valence-electron chi connectivity index (χ2n) is 11.9. The Bertz CT molecular complexity index is 2490. The summed E-state index contributed by atoms with van der Waals surface area (Å²) in [6, 6.07) is 53.1. The molecule has 0 unspecified atom stereocenters. The van der Waals surface area contributed by atoms with Crippen LogP contribution in [0.15, 0.2) is 185 Å². The largest absolute Gasteiger partial charge is 0.310 e. The van der Waals surface area contributed by atoms with E-state index < -0.39 is 0 Å². The van der Waals surface area contributed by atoms with E-state index in [9.17, 15) is 0 Å². The van der Waals surface area contributed by atoms with Crippen LogP contribution in [0.25, 0.3) is 31.3 Å². The second-order valence-corrected chi connectivity index (χ2v) is 17.7. The predicted octanol–water partition coefficient (Wildman–Crippen LogP) is 15.1. The normalized spacial score (nSPS) is 13.1. The number of anilines is 3. The van der Waals surface area contributed by atoms with Gasteiger partial charge in [0.15, 0.2) is 0 Å². The molecule has 2 aliphatic heterocycles. The van der Waals surface area contributed by atoms with Crippen LogP contribution in [-0.4, -0.2) is 0 Å². The molecule has 0 radical (unpaired) electrons. The summed E-state index contributed by atoms with van der Waals surface area (Å²) in [7, 11) is 0. The highest BCUT2D eigenvalue weighted by atomic mass is 35.5. The Balaban J connectivity index is 1.22. The topological polar surface area (TPSA) is 3.24 Å². The summed E-state index contributed by atoms with van der Waals surface area (Å²) in [6.45, 7) is 0. The standard InChI is InChI=1S/C42H24ClNS5/c43-27-15-13-25(14-16-27)26-21-31(42-30-7-1-2-8-32(30)45-41(42)22-26)44(28-17-19-37-39(23-28)48-35-11-5-3-9-33(35)46-37)29-18-20-38-40(24-29)49-36-12-6-4-10-34(36)47-38/h1-24H. The summed E-state index contributed by atoms with van der Waals surface area (Å²) in [4.78, 5) is 12.9. The third kappa shape index (κ3) is 5.37. The van der Waals surface area contributed by atoms with E-state index in [1.54, 1.807) is 0 Å². The molecule has 0 saturated heterocycles. The van der Waals surface area contributed by atoms with Crippen molar-refractivity contribution >= 4 is 107 Å². The van der Waals surface area contributed by atoms with Crippen molar-refractivity contribution in [1.29, 1.82) is 0 Å². The van der Waals surface area contributed by atoms with E-state index >= 15 is 0 Å². The fraction of sp³-hybridized carbons (Fsp3) is 0. The van der Waals surface area contributed by atoms with Crippen molar-refractivity contribution in [2.75, 3.05) is 4.90 Å². The first-order valence-corrected chi connectivity index (χ1v) is 20.3. The summed E-state index contributed by atoms with van der Waals surface area (Å²) >= 11 is 15.7. The molecule has 8 aromatic rings. The van der Waals surface area contributed by atoms with E-state index in [4.69, 9.17) is 11.6 Å². The van der Waals surface area contributed by atoms with E-state index in [1.165, 1.54) is 70.6 Å². The van der Waals surface area contributed by atoms with E-state index in [0.717, 1.165) is 22.0 Å². The molecule has 0 N–H and O–H groups in total. The average Bonchev–Trinajstić information content (AvgIpc) is 3.52. The maximum Gasteiger partial charge on any atom is 0.0560 e. The highest BCUT2D eigenvalue weighted by molar-refractivity contribution is 8.05. The summed E-state index contributed by atoms with van der Waals surface area (Å²) in [5.74, 6) is 0. The molecule has 0 atom stereocenters. The fourth-order valence-electron chi connectivity index (χ4n) is 6.56. The predicted molar refractivity (Wildman–Crippen MR) is 214 cm³/mol. The number of hydrogen-bond acceptors (Lipinski definition) is 6. The summed E-state index contributed by atoms with van der Waals surface area (Å²) in [5.41, 5.74) is 5.77. The minimum Gasteiger partial charge on any atom is -0.310 e. The van der Waals surface area contributed by atoms with Crippen LogP contribution < -0.4 is 4.90 Å². The molecular formula is C42H24ClNS5. The number of fused-ring (bicyclic) bond motifs is 7. The maximum absolute atomic E-state index is 6.36. The molecule has 7 heteroatoms. The number of rotatable bonds is 4. The van der Waals surface area contributed by atoms with Crippen LogP contribution >= 0.6 is 70.0 Å². The van der Waals surface area contributed by atoms with Gasteiger partial charge in [-0.3, -0.25) is 0 Å². The van der Waals surface area contributed by atoms with Crippen molar-refractivity contribution in [1.82, 2.24) is 0 Å². The molecule has 0 saturated carbocycles. The lowest BCUT2D eigenvalue weighted by molar-refractivity contribution is 1.13. The first-order valence-electron chi connectivity index (χ1n) is 15.8. The number of nitrogens with zero attached hydrogens (tertiary/aromatic N) is 1. The van der Waals surface area contributed by atoms with Gasteiger partial charge in [0.25, 0.3) is 0 Å². The first kappa shape index (κ1) is 30.1. The Morgan fingerprint density at radius 3 is 1.51 bits per heavy atom. The van der Waals surface area contributed by atoms with Gasteiger partial charge in [0.1, 0.15) is 0 Å². The molecule has 0 fully saturated rings. The molecule has 1 aromatic heterocycles. The molecule has 0 spiro atoms. The van der Waals surface area contributed by atoms with Gasteiger partial charge >= 0.3 is 0 Å². The maximum atomic E-state index is 6.36. The van der Waals surface area contributed by atoms with Crippen LogP contribution in [0.3, 0.4) is 0 Å². The lowest BCUT2D eigenvalue weighted by Crippen LogP contribution is -2.11. The monoisotopic (exact) mass is 737 g/mol. The van der Waals surface area contributed by atoms with Crippen molar-refractivity contribution in [3.05, 3.63) is 151 Å². The number of hydrogen-bond donors (Lipinski definition) is 0. The molecule has 0 bridgehead atoms. The van der Waals surface area contributed by atoms with E-state index in [0.29, 0.717) is 0 Å². The zero-order chi connectivity index (χ0) is 32.5. The molecule has 0 aliphatic carbocycles. The van der Waals surface area contributed by atoms with Gasteiger partial charge in [-0.2, -0.15) is 0 Å². The lowest BCUT2D eigenvalue weighted by Gasteiger charge is -2.30. The summed E-state index contributed by atoms with van der Waals surface area (Å²) in [5, 5.41) is 3.29. The smallest absolute Gasteiger partial charge is 0.0560 e. The lowest BCUT2D eigenvalue weighted by atomic mass is 10.0. The minimum absolute atomic E-state index is 0.741. The van der Waals surface area contributed by atoms with Crippen LogP contribution in [0.2, 0.25) is 5.02 Å². The third-order valence-electron chi connectivity index (χ3n) is 8.83. The quantitative estimate of drug-likeness (QED) is 0.176. The van der Waals surface area contributed by atoms with E-state index in [-0.39, 0.29) is 0 Å². The van der Waals surface area contributed by atoms with Crippen LogP contribution in [-0.2, 0) is 0 Å². The summed E-state index contributed by atoms with van der Waals surface area (Å²) < 4.78 is 2.55. The second kappa shape index (κ2) is 12.2. The van der Waals surface area contributed by atoms with Gasteiger partial charge in [-0.1, -0.05) is 113 Å². The molecular weight excluding hydrogens is 714 g/mol. The fourth-order valence-corrected chi connectivity index (χ4v) is 12.3. The van der Waals surface area contributed by atoms with E-state index in [1.807, 2.05) is 70.5 Å². The molecule has 3 heterocycles. The number of thiophene rings is 1. The minimum atomic E-state index is 0.741. The van der Waals surface area contributed by atoms with Gasteiger partial charge in [-0.15, -0.1) is 11.3 Å². The van der Waals surface area contributed by atoms with Crippen molar-refractivity contribution < 1.29 is 0 Å². The van der Waals surface area contributed by atoms with Crippen molar-refractivity contribution in [2.24, 2.45) is 0 Å². The molecule has 10 rings (SSSR count). The van der Waals surface area contributed by atoms with Gasteiger partial charge in [-0.25, -0.2) is 0 Å². The highest BCUT2D eigenvalue weighted by Gasteiger charge is 2.25. The Labute approximate surface area is 310 Å². The first-order chi connectivity index (χ1) is 24.1. The Hall–Kier alpha value is -3.75. The Morgan fingerprint density at radius 2 is 0.918 bits per heavy atom. The SMILES string of the molecule is Clc1ccc(-c2cc(N(c3ccc4c(c3)Sc3ccccc3S4)c3ccc4c(c3)Sc3ccccc3S4)c3c(c2)sc2ccccc23)cc1. The van der Waals surface area contributed by atoms with Gasteiger partial charge in [0.05, 0.1) is 5.69 Å². The Morgan fingerprint density at radius 1 is 0.408 bits per heavy atom. The third-order valence-corrected chi connectivity index (χ3v) is 15.3. The molecule has 49 heavy (non-hydrogen) atoms. The van der Waals surface area contributed by atoms with Gasteiger partial charge in [0, 0.05) is 75.7 Å². The molecule has 234 valence electrons. The highest BCUT2D eigenvalue weighted by Crippen LogP contribution is 2.54. The van der Waals surface area contributed by atoms with Crippen molar-refractivity contribution in [3.63, 3.8) is 0 Å². The molecule has 7 aromatic carbocycles.